The summed E-state index contributed by atoms with van der Waals surface area (Å²) in [6.07, 6.45) is 2.81. The molecule has 2 saturated carbocycles. The summed E-state index contributed by atoms with van der Waals surface area (Å²) in [5, 5.41) is 9.46. The molecule has 4 atom stereocenters. The fourth-order valence-corrected chi connectivity index (χ4v) is 5.21. The number of nitrogens with one attached hydrogen (secondary N) is 1. The van der Waals surface area contributed by atoms with Crippen molar-refractivity contribution >= 4 is 10.0 Å². The Kier molecular flexibility index (Phi) is 3.75. The lowest BCUT2D eigenvalue weighted by Crippen LogP contribution is -2.45. The molecule has 2 bridgehead atoms. The highest BCUT2D eigenvalue weighted by atomic mass is 32.2. The van der Waals surface area contributed by atoms with E-state index in [1.807, 2.05) is 0 Å². The summed E-state index contributed by atoms with van der Waals surface area (Å²) < 4.78 is 53.7. The molecule has 7 heteroatoms. The number of fused-ring (bicyclic) bond motifs is 2. The third-order valence-electron chi connectivity index (χ3n) is 4.77. The summed E-state index contributed by atoms with van der Waals surface area (Å²) in [7, 11) is -4.06. The number of hydrogen-bond acceptors (Lipinski definition) is 3. The molecule has 2 fully saturated rings. The van der Waals surface area contributed by atoms with E-state index in [0.29, 0.717) is 12.0 Å². The molecule has 0 radical (unpaired) electrons. The lowest BCUT2D eigenvalue weighted by molar-refractivity contribution is 0.153. The molecule has 1 aromatic rings. The minimum atomic E-state index is -4.06. The zero-order valence-corrected chi connectivity index (χ0v) is 12.1. The van der Waals surface area contributed by atoms with E-state index in [1.54, 1.807) is 0 Å². The van der Waals surface area contributed by atoms with Gasteiger partial charge >= 0.3 is 0 Å². The number of aliphatic hydroxyl groups is 1. The van der Waals surface area contributed by atoms with Gasteiger partial charge in [-0.3, -0.25) is 0 Å². The molecule has 3 rings (SSSR count). The van der Waals surface area contributed by atoms with Gasteiger partial charge in [-0.05, 0) is 43.2 Å². The van der Waals surface area contributed by atoms with Gasteiger partial charge in [0.2, 0.25) is 10.0 Å². The number of hydrogen-bond donors (Lipinski definition) is 2. The number of benzene rings is 1. The fourth-order valence-electron chi connectivity index (χ4n) is 3.79. The van der Waals surface area contributed by atoms with Gasteiger partial charge < -0.3 is 5.11 Å². The van der Waals surface area contributed by atoms with Crippen LogP contribution in [0.4, 0.5) is 8.78 Å². The van der Waals surface area contributed by atoms with Crippen molar-refractivity contribution < 1.29 is 22.3 Å². The lowest BCUT2D eigenvalue weighted by atomic mass is 9.86. The Morgan fingerprint density at radius 2 is 1.95 bits per heavy atom. The zero-order valence-electron chi connectivity index (χ0n) is 11.3. The van der Waals surface area contributed by atoms with Gasteiger partial charge in [-0.1, -0.05) is 0 Å². The Morgan fingerprint density at radius 1 is 1.24 bits per heavy atom. The first kappa shape index (κ1) is 14.9. The Hall–Kier alpha value is -1.05. The van der Waals surface area contributed by atoms with Crippen LogP contribution < -0.4 is 4.72 Å². The largest absolute Gasteiger partial charge is 0.396 e. The number of sulfonamides is 1. The van der Waals surface area contributed by atoms with Gasteiger partial charge in [0, 0.05) is 24.6 Å². The van der Waals surface area contributed by atoms with E-state index < -0.39 is 26.6 Å². The molecule has 0 heterocycles. The van der Waals surface area contributed by atoms with E-state index >= 15 is 0 Å². The van der Waals surface area contributed by atoms with Crippen molar-refractivity contribution in [3.8, 4) is 0 Å². The summed E-state index contributed by atoms with van der Waals surface area (Å²) in [6, 6.07) is 2.03. The van der Waals surface area contributed by atoms with Crippen molar-refractivity contribution in [2.24, 2.45) is 17.8 Å². The predicted octanol–water partition coefficient (Wildman–Crippen LogP) is 1.65. The molecule has 0 amide bonds. The van der Waals surface area contributed by atoms with Crippen molar-refractivity contribution in [3.05, 3.63) is 29.8 Å². The monoisotopic (exact) mass is 317 g/mol. The predicted molar refractivity (Wildman–Crippen MR) is 71.9 cm³/mol. The molecule has 1 aromatic carbocycles. The Morgan fingerprint density at radius 3 is 2.62 bits per heavy atom. The molecular formula is C14H17F2NO3S. The van der Waals surface area contributed by atoms with Gasteiger partial charge in [0.25, 0.3) is 0 Å². The maximum Gasteiger partial charge on any atom is 0.243 e. The first-order valence-corrected chi connectivity index (χ1v) is 8.49. The average molecular weight is 317 g/mol. The van der Waals surface area contributed by atoms with Crippen LogP contribution in [0.15, 0.2) is 23.1 Å². The zero-order chi connectivity index (χ0) is 15.2. The van der Waals surface area contributed by atoms with Gasteiger partial charge in [-0.2, -0.15) is 0 Å². The minimum Gasteiger partial charge on any atom is -0.396 e. The quantitative estimate of drug-likeness (QED) is 0.887. The van der Waals surface area contributed by atoms with E-state index in [0.717, 1.165) is 31.4 Å². The molecule has 0 spiro atoms. The van der Waals surface area contributed by atoms with E-state index in [1.165, 1.54) is 0 Å². The Labute approximate surface area is 122 Å². The van der Waals surface area contributed by atoms with Crippen LogP contribution >= 0.6 is 0 Å². The number of rotatable bonds is 4. The normalized spacial score (nSPS) is 31.8. The maximum absolute atomic E-state index is 13.7. The van der Waals surface area contributed by atoms with Crippen LogP contribution in [-0.2, 0) is 10.0 Å². The van der Waals surface area contributed by atoms with Gasteiger partial charge in [0.05, 0.1) is 0 Å². The van der Waals surface area contributed by atoms with Gasteiger partial charge in [0.1, 0.15) is 16.5 Å². The summed E-state index contributed by atoms with van der Waals surface area (Å²) in [6.45, 7) is -0.0831. The number of halogens is 2. The highest BCUT2D eigenvalue weighted by molar-refractivity contribution is 7.89. The molecule has 21 heavy (non-hydrogen) atoms. The highest BCUT2D eigenvalue weighted by Crippen LogP contribution is 2.48. The van der Waals surface area contributed by atoms with Crippen molar-refractivity contribution in [1.82, 2.24) is 4.72 Å². The Balaban J connectivity index is 1.86. The third-order valence-corrected chi connectivity index (χ3v) is 6.27. The lowest BCUT2D eigenvalue weighted by Gasteiger charge is -2.30. The maximum atomic E-state index is 13.7. The summed E-state index contributed by atoms with van der Waals surface area (Å²) in [5.41, 5.74) is 0. The smallest absolute Gasteiger partial charge is 0.243 e. The molecule has 0 aromatic heterocycles. The Bertz CT molecular complexity index is 650. The minimum absolute atomic E-state index is 0.0831. The molecule has 0 aliphatic heterocycles. The molecule has 2 aliphatic carbocycles. The SMILES string of the molecule is O=S(=O)(NC1C2CCC(C2)C1CO)c1ccc(F)cc1F. The van der Waals surface area contributed by atoms with Crippen molar-refractivity contribution in [3.63, 3.8) is 0 Å². The summed E-state index contributed by atoms with van der Waals surface area (Å²) in [4.78, 5) is -0.552. The molecule has 0 saturated heterocycles. The van der Waals surface area contributed by atoms with Crippen molar-refractivity contribution in [2.75, 3.05) is 6.61 Å². The van der Waals surface area contributed by atoms with Gasteiger partial charge in [0.15, 0.2) is 0 Å². The van der Waals surface area contributed by atoms with Crippen LogP contribution in [0.2, 0.25) is 0 Å². The fraction of sp³-hybridized carbons (Fsp3) is 0.571. The van der Waals surface area contributed by atoms with Crippen LogP contribution in [0.5, 0.6) is 0 Å². The van der Waals surface area contributed by atoms with E-state index in [2.05, 4.69) is 4.72 Å². The molecule has 2 aliphatic rings. The van der Waals surface area contributed by atoms with Crippen LogP contribution in [-0.4, -0.2) is 26.2 Å². The standard InChI is InChI=1S/C14H17F2NO3S/c15-10-3-4-13(12(16)6-10)21(19,20)17-14-9-2-1-8(5-9)11(14)7-18/h3-4,6,8-9,11,14,17-18H,1-2,5,7H2. The second-order valence-corrected chi connectivity index (χ2v) is 7.58. The second-order valence-electron chi connectivity index (χ2n) is 5.90. The van der Waals surface area contributed by atoms with Gasteiger partial charge in [-0.25, -0.2) is 21.9 Å². The average Bonchev–Trinajstić information content (AvgIpc) is 2.98. The van der Waals surface area contributed by atoms with Crippen molar-refractivity contribution in [1.29, 1.82) is 0 Å². The van der Waals surface area contributed by atoms with Crippen molar-refractivity contribution in [2.45, 2.75) is 30.2 Å². The molecule has 2 N–H and O–H groups in total. The van der Waals surface area contributed by atoms with E-state index in [4.69, 9.17) is 0 Å². The number of aliphatic hydroxyl groups excluding tert-OH is 1. The van der Waals surface area contributed by atoms with Crippen LogP contribution in [0.3, 0.4) is 0 Å². The molecule has 116 valence electrons. The highest BCUT2D eigenvalue weighted by Gasteiger charge is 2.48. The van der Waals surface area contributed by atoms with E-state index in [9.17, 15) is 22.3 Å². The van der Waals surface area contributed by atoms with Crippen LogP contribution in [0.25, 0.3) is 0 Å². The van der Waals surface area contributed by atoms with E-state index in [-0.39, 0.29) is 24.5 Å². The molecule has 4 nitrogen and oxygen atoms in total. The van der Waals surface area contributed by atoms with Crippen LogP contribution in [0.1, 0.15) is 19.3 Å². The summed E-state index contributed by atoms with van der Waals surface area (Å²) in [5.74, 6) is -1.54. The van der Waals surface area contributed by atoms with Crippen LogP contribution in [0, 0.1) is 29.4 Å². The van der Waals surface area contributed by atoms with Gasteiger partial charge in [-0.15, -0.1) is 0 Å². The molecular weight excluding hydrogens is 300 g/mol. The first-order chi connectivity index (χ1) is 9.92. The second kappa shape index (κ2) is 5.30. The third kappa shape index (κ3) is 2.58. The topological polar surface area (TPSA) is 66.4 Å². The first-order valence-electron chi connectivity index (χ1n) is 7.00. The molecule has 4 unspecified atom stereocenters. The summed E-state index contributed by atoms with van der Waals surface area (Å²) >= 11 is 0.